The van der Waals surface area contributed by atoms with E-state index in [1.807, 2.05) is 4.90 Å². The third kappa shape index (κ3) is 2.38. The predicted molar refractivity (Wildman–Crippen MR) is 61.9 cm³/mol. The van der Waals surface area contributed by atoms with Gasteiger partial charge in [-0.2, -0.15) is 0 Å². The van der Waals surface area contributed by atoms with E-state index in [9.17, 15) is 4.79 Å². The van der Waals surface area contributed by atoms with Gasteiger partial charge in [0.2, 0.25) is 5.91 Å². The molecule has 0 unspecified atom stereocenters. The van der Waals surface area contributed by atoms with Crippen LogP contribution in [0.15, 0.2) is 0 Å². The number of nitrogens with zero attached hydrogens (tertiary/aromatic N) is 1. The maximum atomic E-state index is 12.3. The number of carbonyl (C=O) groups excluding carboxylic acids is 1. The third-order valence-electron chi connectivity index (χ3n) is 3.88. The third-order valence-corrected chi connectivity index (χ3v) is 3.88. The highest BCUT2D eigenvalue weighted by atomic mass is 16.5. The van der Waals surface area contributed by atoms with Gasteiger partial charge >= 0.3 is 0 Å². The molecule has 1 amide bonds. The lowest BCUT2D eigenvalue weighted by Gasteiger charge is -2.39. The first-order valence-corrected chi connectivity index (χ1v) is 6.28. The largest absolute Gasteiger partial charge is 0.381 e. The molecule has 2 saturated heterocycles. The van der Waals surface area contributed by atoms with E-state index < -0.39 is 5.54 Å². The highest BCUT2D eigenvalue weighted by Crippen LogP contribution is 2.24. The van der Waals surface area contributed by atoms with Gasteiger partial charge in [0, 0.05) is 26.3 Å². The average molecular weight is 226 g/mol. The van der Waals surface area contributed by atoms with E-state index in [2.05, 4.69) is 6.92 Å². The zero-order valence-electron chi connectivity index (χ0n) is 10.1. The van der Waals surface area contributed by atoms with Crippen LogP contribution in [-0.4, -0.2) is 42.6 Å². The second-order valence-corrected chi connectivity index (χ2v) is 5.24. The van der Waals surface area contributed by atoms with Crippen LogP contribution in [0.5, 0.6) is 0 Å². The SMILES string of the molecule is CC1CCN(C(=O)C2(N)CCOCC2)CC1. The van der Waals surface area contributed by atoms with Crippen molar-refractivity contribution in [2.75, 3.05) is 26.3 Å². The van der Waals surface area contributed by atoms with Crippen molar-refractivity contribution in [3.05, 3.63) is 0 Å². The fourth-order valence-electron chi connectivity index (χ4n) is 2.48. The maximum absolute atomic E-state index is 12.3. The van der Waals surface area contributed by atoms with Crippen LogP contribution < -0.4 is 5.73 Å². The molecule has 0 spiro atoms. The summed E-state index contributed by atoms with van der Waals surface area (Å²) in [5, 5.41) is 0. The molecule has 92 valence electrons. The van der Waals surface area contributed by atoms with E-state index in [0.29, 0.717) is 26.1 Å². The van der Waals surface area contributed by atoms with E-state index in [4.69, 9.17) is 10.5 Å². The van der Waals surface area contributed by atoms with Gasteiger partial charge < -0.3 is 15.4 Å². The monoisotopic (exact) mass is 226 g/mol. The van der Waals surface area contributed by atoms with Gasteiger partial charge in [-0.25, -0.2) is 0 Å². The molecule has 2 rings (SSSR count). The number of ether oxygens (including phenoxy) is 1. The zero-order valence-corrected chi connectivity index (χ0v) is 10.1. The summed E-state index contributed by atoms with van der Waals surface area (Å²) >= 11 is 0. The fourth-order valence-corrected chi connectivity index (χ4v) is 2.48. The molecule has 2 N–H and O–H groups in total. The van der Waals surface area contributed by atoms with Crippen LogP contribution >= 0.6 is 0 Å². The molecule has 0 aromatic carbocycles. The Labute approximate surface area is 97.1 Å². The molecule has 2 heterocycles. The van der Waals surface area contributed by atoms with Crippen molar-refractivity contribution >= 4 is 5.91 Å². The number of likely N-dealkylation sites (tertiary alicyclic amines) is 1. The molecule has 0 radical (unpaired) electrons. The van der Waals surface area contributed by atoms with Crippen LogP contribution in [0, 0.1) is 5.92 Å². The Balaban J connectivity index is 1.95. The minimum absolute atomic E-state index is 0.141. The van der Waals surface area contributed by atoms with Crippen molar-refractivity contribution in [2.45, 2.75) is 38.1 Å². The molecule has 0 bridgehead atoms. The minimum atomic E-state index is -0.654. The molecule has 2 aliphatic rings. The van der Waals surface area contributed by atoms with Crippen LogP contribution in [0.4, 0.5) is 0 Å². The molecular weight excluding hydrogens is 204 g/mol. The Morgan fingerprint density at radius 2 is 1.88 bits per heavy atom. The Hall–Kier alpha value is -0.610. The van der Waals surface area contributed by atoms with Crippen LogP contribution in [0.2, 0.25) is 0 Å². The summed E-state index contributed by atoms with van der Waals surface area (Å²) in [5.41, 5.74) is 5.54. The van der Waals surface area contributed by atoms with Gasteiger partial charge in [0.1, 0.15) is 0 Å². The van der Waals surface area contributed by atoms with Crippen molar-refractivity contribution in [3.63, 3.8) is 0 Å². The number of hydrogen-bond donors (Lipinski definition) is 1. The Morgan fingerprint density at radius 3 is 2.44 bits per heavy atom. The molecule has 16 heavy (non-hydrogen) atoms. The lowest BCUT2D eigenvalue weighted by atomic mass is 9.88. The van der Waals surface area contributed by atoms with Gasteiger partial charge in [-0.1, -0.05) is 6.92 Å². The molecular formula is C12H22N2O2. The molecule has 2 aliphatic heterocycles. The average Bonchev–Trinajstić information content (AvgIpc) is 2.30. The topological polar surface area (TPSA) is 55.6 Å². The zero-order chi connectivity index (χ0) is 11.6. The van der Waals surface area contributed by atoms with Gasteiger partial charge in [0.05, 0.1) is 5.54 Å². The van der Waals surface area contributed by atoms with Gasteiger partial charge in [-0.3, -0.25) is 4.79 Å². The summed E-state index contributed by atoms with van der Waals surface area (Å²) in [6.07, 6.45) is 3.55. The number of carbonyl (C=O) groups is 1. The van der Waals surface area contributed by atoms with Crippen LogP contribution in [-0.2, 0) is 9.53 Å². The first-order valence-electron chi connectivity index (χ1n) is 6.28. The number of amides is 1. The summed E-state index contributed by atoms with van der Waals surface area (Å²) in [5.74, 6) is 0.884. The van der Waals surface area contributed by atoms with Crippen molar-refractivity contribution in [2.24, 2.45) is 11.7 Å². The lowest BCUT2D eigenvalue weighted by molar-refractivity contribution is -0.141. The molecule has 0 aromatic heterocycles. The fraction of sp³-hybridized carbons (Fsp3) is 0.917. The summed E-state index contributed by atoms with van der Waals surface area (Å²) in [6, 6.07) is 0. The number of piperidine rings is 1. The maximum Gasteiger partial charge on any atom is 0.242 e. The quantitative estimate of drug-likeness (QED) is 0.718. The van der Waals surface area contributed by atoms with E-state index in [1.54, 1.807) is 0 Å². The van der Waals surface area contributed by atoms with E-state index >= 15 is 0 Å². The van der Waals surface area contributed by atoms with Crippen molar-refractivity contribution < 1.29 is 9.53 Å². The molecule has 0 saturated carbocycles. The number of nitrogens with two attached hydrogens (primary N) is 1. The lowest BCUT2D eigenvalue weighted by Crippen LogP contribution is -2.59. The molecule has 4 heteroatoms. The van der Waals surface area contributed by atoms with Crippen molar-refractivity contribution in [1.82, 2.24) is 4.90 Å². The first kappa shape index (κ1) is 11.9. The van der Waals surface area contributed by atoms with E-state index in [1.165, 1.54) is 0 Å². The molecule has 0 atom stereocenters. The van der Waals surface area contributed by atoms with Gasteiger partial charge in [-0.05, 0) is 31.6 Å². The molecule has 2 fully saturated rings. The predicted octanol–water partition coefficient (Wildman–Crippen LogP) is 0.753. The molecule has 0 aromatic rings. The first-order chi connectivity index (χ1) is 7.62. The summed E-state index contributed by atoms with van der Waals surface area (Å²) in [7, 11) is 0. The minimum Gasteiger partial charge on any atom is -0.381 e. The molecule has 4 nitrogen and oxygen atoms in total. The summed E-state index contributed by atoms with van der Waals surface area (Å²) in [4.78, 5) is 14.3. The summed E-state index contributed by atoms with van der Waals surface area (Å²) < 4.78 is 5.27. The van der Waals surface area contributed by atoms with E-state index in [-0.39, 0.29) is 5.91 Å². The van der Waals surface area contributed by atoms with Gasteiger partial charge in [0.15, 0.2) is 0 Å². The van der Waals surface area contributed by atoms with Crippen LogP contribution in [0.1, 0.15) is 32.6 Å². The van der Waals surface area contributed by atoms with Crippen LogP contribution in [0.3, 0.4) is 0 Å². The van der Waals surface area contributed by atoms with Gasteiger partial charge in [-0.15, -0.1) is 0 Å². The number of hydrogen-bond acceptors (Lipinski definition) is 3. The van der Waals surface area contributed by atoms with Crippen molar-refractivity contribution in [1.29, 1.82) is 0 Å². The van der Waals surface area contributed by atoms with Crippen molar-refractivity contribution in [3.8, 4) is 0 Å². The highest BCUT2D eigenvalue weighted by Gasteiger charge is 2.39. The normalized spacial score (nSPS) is 26.8. The Morgan fingerprint density at radius 1 is 1.31 bits per heavy atom. The Bertz CT molecular complexity index is 254. The second-order valence-electron chi connectivity index (χ2n) is 5.24. The standard InChI is InChI=1S/C12H22N2O2/c1-10-2-6-14(7-3-10)11(15)12(13)4-8-16-9-5-12/h10H,2-9,13H2,1H3. The Kier molecular flexibility index (Phi) is 3.50. The second kappa shape index (κ2) is 4.72. The van der Waals surface area contributed by atoms with Crippen LogP contribution in [0.25, 0.3) is 0 Å². The summed E-state index contributed by atoms with van der Waals surface area (Å²) in [6.45, 7) is 5.23. The molecule has 0 aliphatic carbocycles. The number of rotatable bonds is 1. The highest BCUT2D eigenvalue weighted by molar-refractivity contribution is 5.86. The van der Waals surface area contributed by atoms with E-state index in [0.717, 1.165) is 31.8 Å². The van der Waals surface area contributed by atoms with Gasteiger partial charge in [0.25, 0.3) is 0 Å². The smallest absolute Gasteiger partial charge is 0.242 e.